The van der Waals surface area contributed by atoms with Gasteiger partial charge in [-0.3, -0.25) is 10.4 Å². The van der Waals surface area contributed by atoms with Crippen LogP contribution in [0.2, 0.25) is 0 Å². The second kappa shape index (κ2) is 11.4. The third-order valence-electron chi connectivity index (χ3n) is 3.35. The highest BCUT2D eigenvalue weighted by Gasteiger charge is 2.24. The number of nitrogens with one attached hydrogen (secondary N) is 2. The second-order valence-corrected chi connectivity index (χ2v) is 5.65. The van der Waals surface area contributed by atoms with Gasteiger partial charge in [0, 0.05) is 24.5 Å². The lowest BCUT2D eigenvalue weighted by atomic mass is 10.0. The van der Waals surface area contributed by atoms with Gasteiger partial charge in [0.05, 0.1) is 6.54 Å². The Labute approximate surface area is 122 Å². The molecule has 0 aromatic rings. The van der Waals surface area contributed by atoms with Gasteiger partial charge < -0.3 is 10.1 Å². The molecule has 0 unspecified atom stereocenters. The Bertz CT molecular complexity index is 237. The van der Waals surface area contributed by atoms with Crippen molar-refractivity contribution in [1.29, 1.82) is 0 Å². The average molecular weight is 290 g/mol. The zero-order valence-electron chi connectivity index (χ0n) is 12.8. The molecule has 0 atom stereocenters. The summed E-state index contributed by atoms with van der Waals surface area (Å²) < 4.78 is 5.50. The fourth-order valence-electron chi connectivity index (χ4n) is 1.73. The van der Waals surface area contributed by atoms with E-state index in [1.54, 1.807) is 0 Å². The van der Waals surface area contributed by atoms with Crippen molar-refractivity contribution >= 4 is 17.7 Å². The van der Waals surface area contributed by atoms with E-state index in [1.807, 2.05) is 18.7 Å². The number of thioether (sulfide) groups is 1. The van der Waals surface area contributed by atoms with Crippen molar-refractivity contribution in [1.82, 2.24) is 10.7 Å². The van der Waals surface area contributed by atoms with Crippen molar-refractivity contribution in [3.8, 4) is 0 Å². The van der Waals surface area contributed by atoms with E-state index < -0.39 is 0 Å². The molecule has 4 N–H and O–H groups in total. The van der Waals surface area contributed by atoms with Gasteiger partial charge in [0.15, 0.2) is 0 Å². The van der Waals surface area contributed by atoms with Gasteiger partial charge in [-0.05, 0) is 32.4 Å². The molecule has 0 aliphatic rings. The Balaban J connectivity index is 4.16. The van der Waals surface area contributed by atoms with Crippen molar-refractivity contribution in [2.45, 2.75) is 44.8 Å². The molecule has 0 bridgehead atoms. The van der Waals surface area contributed by atoms with Crippen LogP contribution in [0.25, 0.3) is 0 Å². The summed E-state index contributed by atoms with van der Waals surface area (Å²) in [6.45, 7) is 9.53. The third kappa shape index (κ3) is 7.64. The largest absolute Gasteiger partial charge is 0.382 e. The highest BCUT2D eigenvalue weighted by Crippen LogP contribution is 2.30. The summed E-state index contributed by atoms with van der Waals surface area (Å²) in [6, 6.07) is 0. The van der Waals surface area contributed by atoms with Crippen LogP contribution in [-0.2, 0) is 4.74 Å². The van der Waals surface area contributed by atoms with Gasteiger partial charge in [-0.1, -0.05) is 13.8 Å². The SMILES string of the molecule is CCOCCCNC(=NCC(CC)(CC)SC)NN. The maximum atomic E-state index is 5.49. The minimum absolute atomic E-state index is 0.217. The number of aliphatic imine (C=N–C) groups is 1. The molecular formula is C13H30N4OS. The van der Waals surface area contributed by atoms with Gasteiger partial charge in [0.1, 0.15) is 0 Å². The van der Waals surface area contributed by atoms with E-state index in [1.165, 1.54) is 0 Å². The predicted molar refractivity (Wildman–Crippen MR) is 85.6 cm³/mol. The van der Waals surface area contributed by atoms with Crippen LogP contribution < -0.4 is 16.6 Å². The highest BCUT2D eigenvalue weighted by atomic mass is 32.2. The highest BCUT2D eigenvalue weighted by molar-refractivity contribution is 8.00. The maximum absolute atomic E-state index is 5.49. The van der Waals surface area contributed by atoms with Crippen molar-refractivity contribution < 1.29 is 4.74 Å². The summed E-state index contributed by atoms with van der Waals surface area (Å²) in [6.07, 6.45) is 5.31. The van der Waals surface area contributed by atoms with Crippen LogP contribution in [0.5, 0.6) is 0 Å². The fraction of sp³-hybridized carbons (Fsp3) is 0.923. The minimum Gasteiger partial charge on any atom is -0.382 e. The molecule has 0 amide bonds. The number of nitrogens with two attached hydrogens (primary N) is 1. The van der Waals surface area contributed by atoms with E-state index in [9.17, 15) is 0 Å². The van der Waals surface area contributed by atoms with E-state index in [0.717, 1.165) is 45.6 Å². The van der Waals surface area contributed by atoms with Crippen LogP contribution in [-0.4, -0.2) is 43.3 Å². The number of guanidine groups is 1. The standard InChI is InChI=1S/C13H30N4OS/c1-5-13(6-2,19-4)11-16-12(17-14)15-9-8-10-18-7-3/h5-11,14H2,1-4H3,(H2,15,16,17). The van der Waals surface area contributed by atoms with E-state index in [2.05, 4.69) is 35.8 Å². The van der Waals surface area contributed by atoms with Gasteiger partial charge in [0.2, 0.25) is 5.96 Å². The van der Waals surface area contributed by atoms with Gasteiger partial charge in [-0.2, -0.15) is 11.8 Å². The van der Waals surface area contributed by atoms with E-state index in [4.69, 9.17) is 10.6 Å². The smallest absolute Gasteiger partial charge is 0.205 e. The van der Waals surface area contributed by atoms with Gasteiger partial charge in [0.25, 0.3) is 0 Å². The van der Waals surface area contributed by atoms with Crippen molar-refractivity contribution in [2.75, 3.05) is 32.6 Å². The molecule has 0 aromatic carbocycles. The lowest BCUT2D eigenvalue weighted by Crippen LogP contribution is -2.43. The fourth-order valence-corrected chi connectivity index (χ4v) is 2.50. The molecule has 0 radical (unpaired) electrons. The molecule has 0 fully saturated rings. The molecule has 0 rings (SSSR count). The van der Waals surface area contributed by atoms with Gasteiger partial charge >= 0.3 is 0 Å². The van der Waals surface area contributed by atoms with Gasteiger partial charge in [-0.25, -0.2) is 5.84 Å². The molecule has 6 heteroatoms. The lowest BCUT2D eigenvalue weighted by Gasteiger charge is -2.27. The number of hydrogen-bond donors (Lipinski definition) is 3. The van der Waals surface area contributed by atoms with Crippen LogP contribution in [0.4, 0.5) is 0 Å². The molecular weight excluding hydrogens is 260 g/mol. The molecule has 0 saturated carbocycles. The van der Waals surface area contributed by atoms with Crippen molar-refractivity contribution in [2.24, 2.45) is 10.8 Å². The first-order chi connectivity index (χ1) is 9.17. The Morgan fingerprint density at radius 2 is 2.00 bits per heavy atom. The molecule has 0 heterocycles. The van der Waals surface area contributed by atoms with Crippen LogP contribution in [0.1, 0.15) is 40.0 Å². The van der Waals surface area contributed by atoms with Crippen LogP contribution in [0.15, 0.2) is 4.99 Å². The summed E-state index contributed by atoms with van der Waals surface area (Å²) in [5.41, 5.74) is 2.63. The quantitative estimate of drug-likeness (QED) is 0.188. The number of nitrogens with zero attached hydrogens (tertiary/aromatic N) is 1. The summed E-state index contributed by atoms with van der Waals surface area (Å²) in [7, 11) is 0. The molecule has 0 aromatic heterocycles. The molecule has 114 valence electrons. The summed E-state index contributed by atoms with van der Waals surface area (Å²) >= 11 is 1.88. The van der Waals surface area contributed by atoms with Crippen molar-refractivity contribution in [3.63, 3.8) is 0 Å². The number of rotatable bonds is 10. The molecule has 0 spiro atoms. The number of hydrogen-bond acceptors (Lipinski definition) is 4. The Kier molecular flexibility index (Phi) is 11.1. The monoisotopic (exact) mass is 290 g/mol. The summed E-state index contributed by atoms with van der Waals surface area (Å²) in [5.74, 6) is 6.15. The third-order valence-corrected chi connectivity index (χ3v) is 4.92. The van der Waals surface area contributed by atoms with E-state index in [-0.39, 0.29) is 4.75 Å². The van der Waals surface area contributed by atoms with Crippen LogP contribution in [0.3, 0.4) is 0 Å². The molecule has 0 aliphatic carbocycles. The van der Waals surface area contributed by atoms with Gasteiger partial charge in [-0.15, -0.1) is 0 Å². The zero-order valence-corrected chi connectivity index (χ0v) is 13.6. The summed E-state index contributed by atoms with van der Waals surface area (Å²) in [4.78, 5) is 4.55. The predicted octanol–water partition coefficient (Wildman–Crippen LogP) is 1.74. The Morgan fingerprint density at radius 3 is 2.47 bits per heavy atom. The normalized spacial score (nSPS) is 12.6. The van der Waals surface area contributed by atoms with E-state index >= 15 is 0 Å². The molecule has 0 aliphatic heterocycles. The minimum atomic E-state index is 0.217. The van der Waals surface area contributed by atoms with Crippen molar-refractivity contribution in [3.05, 3.63) is 0 Å². The first-order valence-electron chi connectivity index (χ1n) is 7.05. The van der Waals surface area contributed by atoms with Crippen LogP contribution >= 0.6 is 11.8 Å². The van der Waals surface area contributed by atoms with Crippen LogP contribution in [0, 0.1) is 0 Å². The number of ether oxygens (including phenoxy) is 1. The topological polar surface area (TPSA) is 71.7 Å². The first kappa shape index (κ1) is 18.5. The Morgan fingerprint density at radius 1 is 1.32 bits per heavy atom. The maximum Gasteiger partial charge on any atom is 0.205 e. The second-order valence-electron chi connectivity index (χ2n) is 4.38. The zero-order chi connectivity index (χ0) is 14.6. The average Bonchev–Trinajstić information content (AvgIpc) is 2.46. The summed E-state index contributed by atoms with van der Waals surface area (Å²) in [5, 5.41) is 3.20. The molecule has 19 heavy (non-hydrogen) atoms. The Hall–Kier alpha value is -0.460. The molecule has 0 saturated heterocycles. The van der Waals surface area contributed by atoms with E-state index in [0.29, 0.717) is 5.96 Å². The lowest BCUT2D eigenvalue weighted by molar-refractivity contribution is 0.145. The molecule has 5 nitrogen and oxygen atoms in total. The number of hydrazine groups is 1. The first-order valence-corrected chi connectivity index (χ1v) is 8.28.